The van der Waals surface area contributed by atoms with Gasteiger partial charge in [-0.1, -0.05) is 16.9 Å². The van der Waals surface area contributed by atoms with E-state index in [9.17, 15) is 42.3 Å². The Labute approximate surface area is 275 Å². The van der Waals surface area contributed by atoms with E-state index in [1.807, 2.05) is 0 Å². The lowest BCUT2D eigenvalue weighted by Gasteiger charge is -2.53. The number of carboxylic acid groups (broad SMARTS) is 2. The molecule has 2 aromatic rings. The number of amides is 3. The zero-order valence-electron chi connectivity index (χ0n) is 24.0. The maximum atomic E-state index is 13.4. The largest absolute Gasteiger partial charge is 0.481 e. The lowest BCUT2D eigenvalue weighted by Crippen LogP contribution is -2.74. The van der Waals surface area contributed by atoms with Crippen LogP contribution in [-0.2, 0) is 35.4 Å². The van der Waals surface area contributed by atoms with Crippen molar-refractivity contribution in [2.75, 3.05) is 23.4 Å². The number of tetrazole rings is 1. The Morgan fingerprint density at radius 2 is 1.96 bits per heavy atom. The lowest BCUT2D eigenvalue weighted by atomic mass is 9.89. The Hall–Kier alpha value is -3.99. The normalized spacial score (nSPS) is 23.2. The van der Waals surface area contributed by atoms with Gasteiger partial charge in [-0.05, 0) is 36.1 Å². The van der Waals surface area contributed by atoms with Crippen LogP contribution in [-0.4, -0.2) is 117 Å². The van der Waals surface area contributed by atoms with E-state index in [1.165, 1.54) is 15.0 Å². The average molecular weight is 722 g/mol. The van der Waals surface area contributed by atoms with Crippen LogP contribution in [0.3, 0.4) is 0 Å². The van der Waals surface area contributed by atoms with Crippen LogP contribution in [0.1, 0.15) is 37.8 Å². The minimum absolute atomic E-state index is 0.0189. The fourth-order valence-electron chi connectivity index (χ4n) is 4.89. The van der Waals surface area contributed by atoms with Gasteiger partial charge in [0.1, 0.15) is 28.6 Å². The number of aliphatic carboxylic acids is 2. The molecule has 4 N–H and O–H groups in total. The van der Waals surface area contributed by atoms with Gasteiger partial charge in [0.15, 0.2) is 10.8 Å². The van der Waals surface area contributed by atoms with Crippen molar-refractivity contribution in [3.05, 3.63) is 11.1 Å². The third kappa shape index (κ3) is 7.77. The number of hydrogen-bond acceptors (Lipinski definition) is 14. The van der Waals surface area contributed by atoms with E-state index < -0.39 is 63.5 Å². The maximum absolute atomic E-state index is 13.4. The molecule has 2 aromatic heterocycles. The number of rotatable bonds is 13. The first-order chi connectivity index (χ1) is 22.3. The van der Waals surface area contributed by atoms with Gasteiger partial charge in [0.05, 0.1) is 13.0 Å². The lowest BCUT2D eigenvalue weighted by molar-refractivity contribution is -0.167. The number of alkyl halides is 3. The molecular weight excluding hydrogens is 696 g/mol. The molecule has 23 heteroatoms. The van der Waals surface area contributed by atoms with E-state index in [4.69, 9.17) is 9.94 Å². The number of nitrogens with zero attached hydrogens (tertiary/aromatic N) is 7. The molecule has 0 aromatic carbocycles. The molecule has 3 atom stereocenters. The van der Waals surface area contributed by atoms with Crippen molar-refractivity contribution in [3.63, 3.8) is 0 Å². The highest BCUT2D eigenvalue weighted by molar-refractivity contribution is 8.00. The Balaban J connectivity index is 1.25. The molecule has 0 radical (unpaired) electrons. The second-order valence-corrected chi connectivity index (χ2v) is 13.7. The number of β-lactam (4-membered cyclic amide) rings is 1. The highest BCUT2D eigenvalue weighted by atomic mass is 32.2. The summed E-state index contributed by atoms with van der Waals surface area (Å²) in [6.45, 7) is -0.204. The molecule has 1 aliphatic carbocycles. The van der Waals surface area contributed by atoms with Crippen LogP contribution in [0.5, 0.6) is 0 Å². The van der Waals surface area contributed by atoms with E-state index >= 15 is 0 Å². The number of anilines is 1. The highest BCUT2D eigenvalue weighted by Crippen LogP contribution is 2.44. The van der Waals surface area contributed by atoms with Gasteiger partial charge in [0.2, 0.25) is 11.1 Å². The van der Waals surface area contributed by atoms with Crippen LogP contribution in [0.4, 0.5) is 18.3 Å². The maximum Gasteiger partial charge on any atom is 0.471 e. The zero-order valence-corrected chi connectivity index (χ0v) is 26.5. The number of carboxylic acids is 2. The van der Waals surface area contributed by atoms with Crippen LogP contribution in [0.25, 0.3) is 0 Å². The number of oxime groups is 1. The molecule has 17 nitrogen and oxygen atoms in total. The third-order valence-corrected chi connectivity index (χ3v) is 11.0. The van der Waals surface area contributed by atoms with Crippen molar-refractivity contribution >= 4 is 75.4 Å². The van der Waals surface area contributed by atoms with Gasteiger partial charge in [0, 0.05) is 23.4 Å². The van der Waals surface area contributed by atoms with Crippen LogP contribution < -0.4 is 10.6 Å². The molecular formula is C24H26F3N9O8S3. The molecule has 0 bridgehead atoms. The molecule has 47 heavy (non-hydrogen) atoms. The van der Waals surface area contributed by atoms with Crippen molar-refractivity contribution in [2.45, 2.75) is 67.5 Å². The molecule has 5 rings (SSSR count). The minimum atomic E-state index is -5.16. The highest BCUT2D eigenvalue weighted by Gasteiger charge is 2.57. The second kappa shape index (κ2) is 14.0. The summed E-state index contributed by atoms with van der Waals surface area (Å²) in [6.07, 6.45) is -2.57. The number of carbonyl (C=O) groups excluding carboxylic acids is 3. The van der Waals surface area contributed by atoms with Gasteiger partial charge >= 0.3 is 24.0 Å². The fourth-order valence-corrected chi connectivity index (χ4v) is 8.35. The molecule has 4 heterocycles. The van der Waals surface area contributed by atoms with Crippen molar-refractivity contribution in [3.8, 4) is 0 Å². The van der Waals surface area contributed by atoms with Gasteiger partial charge in [0.25, 0.3) is 5.91 Å². The molecule has 3 amide bonds. The van der Waals surface area contributed by atoms with Crippen LogP contribution in [0, 0.1) is 5.41 Å². The number of carbonyl (C=O) groups is 5. The smallest absolute Gasteiger partial charge is 0.471 e. The average Bonchev–Trinajstić information content (AvgIpc) is 3.80. The molecule has 2 unspecified atom stereocenters. The summed E-state index contributed by atoms with van der Waals surface area (Å²) in [5.74, 6) is -5.93. The van der Waals surface area contributed by atoms with Gasteiger partial charge < -0.3 is 25.3 Å². The number of thiazole rings is 1. The fraction of sp³-hybridized carbons (Fsp3) is 0.583. The standard InChI is InChI=1S/C24H26F3N9O8S3/c25-24(26,27)19(41)30-21-28-12(7-45-21)14(32-44-11-3-1-2-4-11)16(39)29-15-17(40)35-8-23(20(42)43,9-46-18(15)35)10-47-22-31-33-34-36(22)6-5-13(37)38/h7,11,15,18H,1-6,8-10H2,(H,29,39)(H,37,38)(H,42,43)(H,28,30,41)/t15?,18-,23?/m1/s1. The molecule has 2 saturated heterocycles. The SMILES string of the molecule is O=C(O)CCn1nnnc1SCC1(C(=O)O)CS[C@@H]2C(NC(=O)C(=NOC3CCCC3)c3csc(NC(=O)C(F)(F)F)n3)C(=O)N2C1. The first-order valence-electron chi connectivity index (χ1n) is 13.9. The summed E-state index contributed by atoms with van der Waals surface area (Å²) >= 11 is 2.77. The van der Waals surface area contributed by atoms with Gasteiger partial charge in [-0.15, -0.1) is 28.2 Å². The van der Waals surface area contributed by atoms with Crippen LogP contribution in [0.2, 0.25) is 0 Å². The van der Waals surface area contributed by atoms with Gasteiger partial charge in [-0.25, -0.2) is 9.67 Å². The number of nitrogens with one attached hydrogen (secondary N) is 2. The minimum Gasteiger partial charge on any atom is -0.481 e. The first kappa shape index (κ1) is 34.3. The number of hydrogen-bond donors (Lipinski definition) is 4. The van der Waals surface area contributed by atoms with Gasteiger partial charge in [-0.2, -0.15) is 13.2 Å². The predicted octanol–water partition coefficient (Wildman–Crippen LogP) is 1.03. The molecule has 3 aliphatic rings. The van der Waals surface area contributed by atoms with E-state index in [2.05, 4.69) is 31.0 Å². The summed E-state index contributed by atoms with van der Waals surface area (Å²) in [7, 11) is 0. The Morgan fingerprint density at radius 3 is 2.64 bits per heavy atom. The third-order valence-electron chi connectivity index (χ3n) is 7.43. The number of thioether (sulfide) groups is 2. The summed E-state index contributed by atoms with van der Waals surface area (Å²) in [5.41, 5.74) is -2.01. The topological polar surface area (TPSA) is 231 Å². The van der Waals surface area contributed by atoms with E-state index in [0.29, 0.717) is 24.2 Å². The summed E-state index contributed by atoms with van der Waals surface area (Å²) in [6, 6.07) is -1.07. The number of halogens is 3. The number of aryl methyl sites for hydroxylation is 1. The van der Waals surface area contributed by atoms with Crippen LogP contribution >= 0.6 is 34.9 Å². The van der Waals surface area contributed by atoms with Crippen molar-refractivity contribution in [2.24, 2.45) is 10.6 Å². The summed E-state index contributed by atoms with van der Waals surface area (Å²) < 4.78 is 39.4. The van der Waals surface area contributed by atoms with E-state index in [-0.39, 0.29) is 48.0 Å². The van der Waals surface area contributed by atoms with E-state index in [0.717, 1.165) is 36.4 Å². The van der Waals surface area contributed by atoms with Crippen LogP contribution in [0.15, 0.2) is 15.7 Å². The second-order valence-electron chi connectivity index (χ2n) is 10.8. The molecule has 0 spiro atoms. The van der Waals surface area contributed by atoms with Gasteiger partial charge in [-0.3, -0.25) is 29.3 Å². The van der Waals surface area contributed by atoms with E-state index in [1.54, 1.807) is 5.32 Å². The van der Waals surface area contributed by atoms with Crippen molar-refractivity contribution < 1.29 is 52.2 Å². The molecule has 2 aliphatic heterocycles. The summed E-state index contributed by atoms with van der Waals surface area (Å²) in [5, 5.41) is 38.6. The predicted molar refractivity (Wildman–Crippen MR) is 157 cm³/mol. The van der Waals surface area contributed by atoms with Crippen molar-refractivity contribution in [1.82, 2.24) is 35.4 Å². The Morgan fingerprint density at radius 1 is 1.21 bits per heavy atom. The number of fused-ring (bicyclic) bond motifs is 1. The monoisotopic (exact) mass is 721 g/mol. The first-order valence-corrected chi connectivity index (χ1v) is 16.8. The zero-order chi connectivity index (χ0) is 33.9. The molecule has 254 valence electrons. The number of aromatic nitrogens is 5. The summed E-state index contributed by atoms with van der Waals surface area (Å²) in [4.78, 5) is 72.0. The molecule has 3 fully saturated rings. The quantitative estimate of drug-likeness (QED) is 0.0980. The van der Waals surface area contributed by atoms with Crippen molar-refractivity contribution in [1.29, 1.82) is 0 Å². The Bertz CT molecular complexity index is 1580. The Kier molecular flexibility index (Phi) is 10.2. The molecule has 1 saturated carbocycles.